The Bertz CT molecular complexity index is 491. The van der Waals surface area contributed by atoms with Gasteiger partial charge in [-0.05, 0) is 52.6 Å². The lowest BCUT2D eigenvalue weighted by molar-refractivity contribution is 1.16. The van der Waals surface area contributed by atoms with Crippen LogP contribution in [0.1, 0.15) is 21.5 Å². The van der Waals surface area contributed by atoms with Crippen molar-refractivity contribution in [1.29, 1.82) is 0 Å². The first-order valence-corrected chi connectivity index (χ1v) is 8.15. The standard InChI is InChI=1S/C12H9Br3S/c1-7-4-11(14)9(5-10(7)13)12(15)8-2-3-16-6-8/h2-6,12H,1H3. The molecule has 0 aliphatic carbocycles. The molecule has 0 spiro atoms. The van der Waals surface area contributed by atoms with E-state index in [-0.39, 0.29) is 4.83 Å². The second kappa shape index (κ2) is 5.34. The van der Waals surface area contributed by atoms with Crippen LogP contribution in [0.15, 0.2) is 37.9 Å². The molecule has 1 unspecified atom stereocenters. The summed E-state index contributed by atoms with van der Waals surface area (Å²) in [4.78, 5) is 0.241. The van der Waals surface area contributed by atoms with Crippen LogP contribution in [0.2, 0.25) is 0 Å². The molecule has 0 radical (unpaired) electrons. The maximum Gasteiger partial charge on any atom is 0.0664 e. The van der Waals surface area contributed by atoms with Gasteiger partial charge in [-0.2, -0.15) is 11.3 Å². The number of thiophene rings is 1. The minimum absolute atomic E-state index is 0.241. The summed E-state index contributed by atoms with van der Waals surface area (Å²) >= 11 is 12.7. The van der Waals surface area contributed by atoms with Gasteiger partial charge in [0.05, 0.1) is 4.83 Å². The van der Waals surface area contributed by atoms with Gasteiger partial charge in [0, 0.05) is 8.95 Å². The van der Waals surface area contributed by atoms with Crippen LogP contribution in [0.5, 0.6) is 0 Å². The van der Waals surface area contributed by atoms with Gasteiger partial charge in [0.2, 0.25) is 0 Å². The molecule has 1 aromatic carbocycles. The van der Waals surface area contributed by atoms with Crippen LogP contribution in [0, 0.1) is 6.92 Å². The fraction of sp³-hybridized carbons (Fsp3) is 0.167. The van der Waals surface area contributed by atoms with Crippen molar-refractivity contribution in [3.05, 3.63) is 54.6 Å². The smallest absolute Gasteiger partial charge is 0.0664 e. The van der Waals surface area contributed by atoms with E-state index in [4.69, 9.17) is 0 Å². The number of aryl methyl sites for hydroxylation is 1. The van der Waals surface area contributed by atoms with Gasteiger partial charge in [-0.3, -0.25) is 0 Å². The summed E-state index contributed by atoms with van der Waals surface area (Å²) in [6.07, 6.45) is 0. The zero-order valence-corrected chi connectivity index (χ0v) is 14.1. The van der Waals surface area contributed by atoms with Gasteiger partial charge in [0.15, 0.2) is 0 Å². The molecule has 2 aromatic rings. The molecule has 0 aliphatic rings. The van der Waals surface area contributed by atoms with E-state index in [0.717, 1.165) is 8.95 Å². The highest BCUT2D eigenvalue weighted by atomic mass is 79.9. The molecule has 16 heavy (non-hydrogen) atoms. The molecule has 1 aromatic heterocycles. The van der Waals surface area contributed by atoms with Crippen LogP contribution >= 0.6 is 59.1 Å². The molecule has 0 saturated heterocycles. The highest BCUT2D eigenvalue weighted by Crippen LogP contribution is 2.38. The lowest BCUT2D eigenvalue weighted by atomic mass is 10.1. The monoisotopic (exact) mass is 422 g/mol. The van der Waals surface area contributed by atoms with Gasteiger partial charge in [-0.25, -0.2) is 0 Å². The van der Waals surface area contributed by atoms with Gasteiger partial charge in [0.1, 0.15) is 0 Å². The lowest BCUT2D eigenvalue weighted by Crippen LogP contribution is -1.93. The number of rotatable bonds is 2. The number of alkyl halides is 1. The summed E-state index contributed by atoms with van der Waals surface area (Å²) < 4.78 is 2.28. The van der Waals surface area contributed by atoms with E-state index in [9.17, 15) is 0 Å². The summed E-state index contributed by atoms with van der Waals surface area (Å²) in [7, 11) is 0. The largest absolute Gasteiger partial charge is 0.152 e. The SMILES string of the molecule is Cc1cc(Br)c(C(Br)c2ccsc2)cc1Br. The van der Waals surface area contributed by atoms with Crippen molar-refractivity contribution >= 4 is 59.1 Å². The lowest BCUT2D eigenvalue weighted by Gasteiger charge is -2.13. The molecule has 0 saturated carbocycles. The summed E-state index contributed by atoms with van der Waals surface area (Å²) in [5, 5.41) is 4.26. The molecule has 1 atom stereocenters. The van der Waals surface area contributed by atoms with Gasteiger partial charge < -0.3 is 0 Å². The Labute approximate surface area is 124 Å². The average Bonchev–Trinajstić information content (AvgIpc) is 2.75. The van der Waals surface area contributed by atoms with Gasteiger partial charge in [0.25, 0.3) is 0 Å². The second-order valence-corrected chi connectivity index (χ2v) is 6.95. The average molecular weight is 425 g/mol. The van der Waals surface area contributed by atoms with E-state index in [1.807, 2.05) is 0 Å². The first-order chi connectivity index (χ1) is 7.59. The summed E-state index contributed by atoms with van der Waals surface area (Å²) in [6, 6.07) is 6.45. The van der Waals surface area contributed by atoms with Gasteiger partial charge in [-0.1, -0.05) is 47.8 Å². The molecule has 0 N–H and O–H groups in total. The third kappa shape index (κ3) is 2.61. The van der Waals surface area contributed by atoms with Crippen molar-refractivity contribution in [2.45, 2.75) is 11.8 Å². The predicted molar refractivity (Wildman–Crippen MR) is 81.7 cm³/mol. The Morgan fingerprint density at radius 3 is 2.56 bits per heavy atom. The van der Waals surface area contributed by atoms with Crippen molar-refractivity contribution < 1.29 is 0 Å². The zero-order chi connectivity index (χ0) is 11.7. The van der Waals surface area contributed by atoms with E-state index in [1.54, 1.807) is 11.3 Å². The molecular weight excluding hydrogens is 416 g/mol. The molecule has 0 bridgehead atoms. The first-order valence-electron chi connectivity index (χ1n) is 4.71. The number of hydrogen-bond acceptors (Lipinski definition) is 1. The maximum atomic E-state index is 3.74. The van der Waals surface area contributed by atoms with Crippen LogP contribution in [0.25, 0.3) is 0 Å². The molecule has 0 fully saturated rings. The molecule has 4 heteroatoms. The molecular formula is C12H9Br3S. The quantitative estimate of drug-likeness (QED) is 0.513. The normalized spacial score (nSPS) is 12.8. The Hall–Kier alpha value is 0.360. The predicted octanol–water partition coefficient (Wildman–Crippen LogP) is 6.07. The molecule has 0 nitrogen and oxygen atoms in total. The summed E-state index contributed by atoms with van der Waals surface area (Å²) in [5.41, 5.74) is 3.78. The van der Waals surface area contributed by atoms with Crippen LogP contribution in [-0.4, -0.2) is 0 Å². The fourth-order valence-corrected chi connectivity index (χ4v) is 4.33. The minimum atomic E-state index is 0.241. The molecule has 0 aliphatic heterocycles. The zero-order valence-electron chi connectivity index (χ0n) is 8.51. The third-order valence-electron chi connectivity index (χ3n) is 2.39. The van der Waals surface area contributed by atoms with Crippen LogP contribution in [0.4, 0.5) is 0 Å². The third-order valence-corrected chi connectivity index (χ3v) is 5.65. The van der Waals surface area contributed by atoms with Crippen molar-refractivity contribution in [3.8, 4) is 0 Å². The van der Waals surface area contributed by atoms with E-state index in [2.05, 4.69) is 83.7 Å². The topological polar surface area (TPSA) is 0 Å². The fourth-order valence-electron chi connectivity index (χ4n) is 1.45. The van der Waals surface area contributed by atoms with Crippen molar-refractivity contribution in [2.75, 3.05) is 0 Å². The second-order valence-electron chi connectivity index (χ2n) is 3.54. The van der Waals surface area contributed by atoms with E-state index in [1.165, 1.54) is 16.7 Å². The van der Waals surface area contributed by atoms with Crippen molar-refractivity contribution in [1.82, 2.24) is 0 Å². The van der Waals surface area contributed by atoms with Crippen LogP contribution in [-0.2, 0) is 0 Å². The Balaban J connectivity index is 2.44. The highest BCUT2D eigenvalue weighted by Gasteiger charge is 2.15. The molecule has 2 rings (SSSR count). The van der Waals surface area contributed by atoms with E-state index in [0.29, 0.717) is 0 Å². The molecule has 0 amide bonds. The summed E-state index contributed by atoms with van der Waals surface area (Å²) in [5.74, 6) is 0. The molecule has 1 heterocycles. The maximum absolute atomic E-state index is 3.74. The Morgan fingerprint density at radius 2 is 1.94 bits per heavy atom. The minimum Gasteiger partial charge on any atom is -0.152 e. The first kappa shape index (κ1) is 12.8. The highest BCUT2D eigenvalue weighted by molar-refractivity contribution is 9.11. The number of halogens is 3. The van der Waals surface area contributed by atoms with Gasteiger partial charge in [-0.15, -0.1) is 0 Å². The Morgan fingerprint density at radius 1 is 1.19 bits per heavy atom. The van der Waals surface area contributed by atoms with Crippen molar-refractivity contribution in [3.63, 3.8) is 0 Å². The van der Waals surface area contributed by atoms with Gasteiger partial charge >= 0.3 is 0 Å². The number of hydrogen-bond donors (Lipinski definition) is 0. The number of benzene rings is 1. The molecule has 84 valence electrons. The van der Waals surface area contributed by atoms with Crippen molar-refractivity contribution in [2.24, 2.45) is 0 Å². The van der Waals surface area contributed by atoms with Crippen LogP contribution in [0.3, 0.4) is 0 Å². The van der Waals surface area contributed by atoms with E-state index >= 15 is 0 Å². The summed E-state index contributed by atoms with van der Waals surface area (Å²) in [6.45, 7) is 2.09. The van der Waals surface area contributed by atoms with E-state index < -0.39 is 0 Å². The Kier molecular flexibility index (Phi) is 4.27. The van der Waals surface area contributed by atoms with Crippen LogP contribution < -0.4 is 0 Å².